The summed E-state index contributed by atoms with van der Waals surface area (Å²) in [5, 5.41) is 23.9. The van der Waals surface area contributed by atoms with E-state index in [0.29, 0.717) is 17.2 Å². The number of methoxy groups -OCH3 is 1. The number of aliphatic hydroxyl groups is 1. The fraction of sp³-hybridized carbons (Fsp3) is 0.308. The first kappa shape index (κ1) is 14.8. The van der Waals surface area contributed by atoms with Gasteiger partial charge in [-0.05, 0) is 13.0 Å². The Kier molecular flexibility index (Phi) is 4.39. The molecule has 1 heterocycles. The molecule has 0 aliphatic heterocycles. The molecule has 0 unspecified atom stereocenters. The zero-order valence-electron chi connectivity index (χ0n) is 11.5. The highest BCUT2D eigenvalue weighted by Crippen LogP contribution is 2.35. The minimum atomic E-state index is -0.587. The van der Waals surface area contributed by atoms with Crippen molar-refractivity contribution in [1.82, 2.24) is 5.16 Å². The Morgan fingerprint density at radius 3 is 2.67 bits per heavy atom. The molecule has 0 saturated heterocycles. The fourth-order valence-electron chi connectivity index (χ4n) is 1.79. The van der Waals surface area contributed by atoms with Crippen LogP contribution in [0, 0.1) is 17.0 Å². The van der Waals surface area contributed by atoms with Gasteiger partial charge < -0.3 is 19.1 Å². The highest BCUT2D eigenvalue weighted by molar-refractivity contribution is 5.54. The second kappa shape index (κ2) is 6.23. The summed E-state index contributed by atoms with van der Waals surface area (Å²) in [7, 11) is 1.41. The van der Waals surface area contributed by atoms with Gasteiger partial charge in [0.05, 0.1) is 36.0 Å². The Morgan fingerprint density at radius 2 is 2.14 bits per heavy atom. The number of aliphatic hydroxyl groups excluding tert-OH is 1. The van der Waals surface area contributed by atoms with Gasteiger partial charge in [0.1, 0.15) is 6.61 Å². The van der Waals surface area contributed by atoms with E-state index in [-0.39, 0.29) is 23.6 Å². The summed E-state index contributed by atoms with van der Waals surface area (Å²) in [5.41, 5.74) is 0.629. The lowest BCUT2D eigenvalue weighted by molar-refractivity contribution is -0.386. The van der Waals surface area contributed by atoms with Gasteiger partial charge in [-0.2, -0.15) is 0 Å². The maximum absolute atomic E-state index is 11.0. The molecule has 0 atom stereocenters. The molecular formula is C13H14N2O6. The Labute approximate surface area is 120 Å². The summed E-state index contributed by atoms with van der Waals surface area (Å²) < 4.78 is 15.6. The summed E-state index contributed by atoms with van der Waals surface area (Å²) in [6, 6.07) is 4.29. The van der Waals surface area contributed by atoms with Gasteiger partial charge in [-0.25, -0.2) is 0 Å². The minimum Gasteiger partial charge on any atom is -0.493 e. The quantitative estimate of drug-likeness (QED) is 0.640. The lowest BCUT2D eigenvalue weighted by Gasteiger charge is -2.11. The van der Waals surface area contributed by atoms with Gasteiger partial charge in [-0.1, -0.05) is 5.16 Å². The molecule has 0 spiro atoms. The topological polar surface area (TPSA) is 108 Å². The first-order chi connectivity index (χ1) is 10.0. The highest BCUT2D eigenvalue weighted by atomic mass is 16.6. The predicted octanol–water partition coefficient (Wildman–Crippen LogP) is 1.97. The third-order valence-electron chi connectivity index (χ3n) is 2.78. The predicted molar refractivity (Wildman–Crippen MR) is 71.1 cm³/mol. The number of ether oxygens (including phenoxy) is 2. The van der Waals surface area contributed by atoms with Crippen molar-refractivity contribution in [3.63, 3.8) is 0 Å². The van der Waals surface area contributed by atoms with Crippen LogP contribution < -0.4 is 9.47 Å². The maximum atomic E-state index is 11.0. The number of benzene rings is 1. The standard InChI is InChI=1S/C13H14N2O6/c1-8-3-10(21-14-8)7-20-13-5-11(15(17)18)9(6-16)4-12(13)19-2/h3-5,16H,6-7H2,1-2H3. The van der Waals surface area contributed by atoms with Gasteiger partial charge in [-0.15, -0.1) is 0 Å². The lowest BCUT2D eigenvalue weighted by Crippen LogP contribution is -2.01. The van der Waals surface area contributed by atoms with Crippen LogP contribution in [-0.4, -0.2) is 22.3 Å². The van der Waals surface area contributed by atoms with E-state index in [2.05, 4.69) is 5.16 Å². The smallest absolute Gasteiger partial charge is 0.278 e. The Hall–Kier alpha value is -2.61. The lowest BCUT2D eigenvalue weighted by atomic mass is 10.1. The van der Waals surface area contributed by atoms with Gasteiger partial charge in [0.15, 0.2) is 17.3 Å². The van der Waals surface area contributed by atoms with E-state index in [1.165, 1.54) is 19.2 Å². The number of hydrogen-bond donors (Lipinski definition) is 1. The molecule has 0 fully saturated rings. The third-order valence-corrected chi connectivity index (χ3v) is 2.78. The van der Waals surface area contributed by atoms with Gasteiger partial charge >= 0.3 is 0 Å². The van der Waals surface area contributed by atoms with Crippen LogP contribution in [0.3, 0.4) is 0 Å². The molecule has 1 aromatic carbocycles. The number of aromatic nitrogens is 1. The molecule has 0 radical (unpaired) electrons. The van der Waals surface area contributed by atoms with Crippen LogP contribution in [0.4, 0.5) is 5.69 Å². The molecule has 0 aliphatic rings. The van der Waals surface area contributed by atoms with Crippen molar-refractivity contribution in [2.75, 3.05) is 7.11 Å². The van der Waals surface area contributed by atoms with Crippen molar-refractivity contribution in [2.24, 2.45) is 0 Å². The average Bonchev–Trinajstić information content (AvgIpc) is 2.89. The van der Waals surface area contributed by atoms with Crippen LogP contribution >= 0.6 is 0 Å². The molecule has 21 heavy (non-hydrogen) atoms. The van der Waals surface area contributed by atoms with Crippen molar-refractivity contribution < 1.29 is 24.0 Å². The van der Waals surface area contributed by atoms with Crippen molar-refractivity contribution in [3.8, 4) is 11.5 Å². The van der Waals surface area contributed by atoms with E-state index in [1.807, 2.05) is 0 Å². The Morgan fingerprint density at radius 1 is 1.38 bits per heavy atom. The molecule has 2 rings (SSSR count). The van der Waals surface area contributed by atoms with Crippen LogP contribution in [0.15, 0.2) is 22.7 Å². The summed E-state index contributed by atoms with van der Waals surface area (Å²) >= 11 is 0. The number of rotatable bonds is 6. The second-order valence-corrected chi connectivity index (χ2v) is 4.27. The van der Waals surface area contributed by atoms with Crippen molar-refractivity contribution >= 4 is 5.69 Å². The van der Waals surface area contributed by atoms with Crippen molar-refractivity contribution in [3.05, 3.63) is 45.3 Å². The molecule has 0 saturated carbocycles. The Balaban J connectivity index is 2.28. The maximum Gasteiger partial charge on any atom is 0.278 e. The summed E-state index contributed by atoms with van der Waals surface area (Å²) in [6.45, 7) is 1.37. The number of nitrogens with zero attached hydrogens (tertiary/aromatic N) is 2. The number of hydrogen-bond acceptors (Lipinski definition) is 7. The van der Waals surface area contributed by atoms with E-state index in [1.54, 1.807) is 13.0 Å². The highest BCUT2D eigenvalue weighted by Gasteiger charge is 2.19. The number of aryl methyl sites for hydroxylation is 1. The summed E-state index contributed by atoms with van der Waals surface area (Å²) in [4.78, 5) is 10.4. The average molecular weight is 294 g/mol. The Bertz CT molecular complexity index is 652. The van der Waals surface area contributed by atoms with Crippen molar-refractivity contribution in [1.29, 1.82) is 0 Å². The second-order valence-electron chi connectivity index (χ2n) is 4.27. The zero-order chi connectivity index (χ0) is 15.4. The summed E-state index contributed by atoms with van der Waals surface area (Å²) in [6.07, 6.45) is 0. The zero-order valence-corrected chi connectivity index (χ0v) is 11.5. The minimum absolute atomic E-state index is 0.0623. The van der Waals surface area contributed by atoms with Gasteiger partial charge in [0, 0.05) is 6.07 Å². The van der Waals surface area contributed by atoms with Crippen molar-refractivity contribution in [2.45, 2.75) is 20.1 Å². The largest absolute Gasteiger partial charge is 0.493 e. The first-order valence-electron chi connectivity index (χ1n) is 6.06. The monoisotopic (exact) mass is 294 g/mol. The molecule has 0 aliphatic carbocycles. The molecule has 0 amide bonds. The van der Waals surface area contributed by atoms with Crippen LogP contribution in [0.25, 0.3) is 0 Å². The molecule has 8 nitrogen and oxygen atoms in total. The van der Waals surface area contributed by atoms with E-state index in [4.69, 9.17) is 19.1 Å². The molecule has 8 heteroatoms. The van der Waals surface area contributed by atoms with E-state index in [9.17, 15) is 10.1 Å². The van der Waals surface area contributed by atoms with Crippen LogP contribution in [-0.2, 0) is 13.2 Å². The van der Waals surface area contributed by atoms with Gasteiger partial charge in [0.25, 0.3) is 5.69 Å². The molecule has 0 bridgehead atoms. The first-order valence-corrected chi connectivity index (χ1v) is 6.06. The molecule has 1 N–H and O–H groups in total. The molecule has 1 aromatic heterocycles. The normalized spacial score (nSPS) is 10.4. The van der Waals surface area contributed by atoms with Gasteiger partial charge in [-0.3, -0.25) is 10.1 Å². The van der Waals surface area contributed by atoms with Crippen LogP contribution in [0.2, 0.25) is 0 Å². The van der Waals surface area contributed by atoms with Crippen LogP contribution in [0.5, 0.6) is 11.5 Å². The third kappa shape index (κ3) is 3.29. The van der Waals surface area contributed by atoms with E-state index >= 15 is 0 Å². The van der Waals surface area contributed by atoms with Gasteiger partial charge in [0.2, 0.25) is 0 Å². The van der Waals surface area contributed by atoms with E-state index in [0.717, 1.165) is 0 Å². The number of nitro groups is 1. The molecule has 112 valence electrons. The molecular weight excluding hydrogens is 280 g/mol. The van der Waals surface area contributed by atoms with Crippen LogP contribution in [0.1, 0.15) is 17.0 Å². The van der Waals surface area contributed by atoms with E-state index < -0.39 is 11.5 Å². The summed E-state index contributed by atoms with van der Waals surface area (Å²) in [5.74, 6) is 0.972. The molecule has 2 aromatic rings. The fourth-order valence-corrected chi connectivity index (χ4v) is 1.79. The SMILES string of the molecule is COc1cc(CO)c([N+](=O)[O-])cc1OCc1cc(C)no1. The number of nitro benzene ring substituents is 1.